The highest BCUT2D eigenvalue weighted by molar-refractivity contribution is 5.81. The zero-order valence-corrected chi connectivity index (χ0v) is 10.4. The third kappa shape index (κ3) is 2.20. The minimum atomic E-state index is -0.809. The predicted octanol–water partition coefficient (Wildman–Crippen LogP) is 0.0182. The van der Waals surface area contributed by atoms with Gasteiger partial charge < -0.3 is 10.0 Å². The summed E-state index contributed by atoms with van der Waals surface area (Å²) in [5, 5.41) is 12.8. The van der Waals surface area contributed by atoms with E-state index in [1.54, 1.807) is 18.7 Å². The van der Waals surface area contributed by atoms with Crippen LogP contribution in [-0.2, 0) is 9.59 Å². The maximum Gasteiger partial charge on any atom is 0.306 e. The third-order valence-corrected chi connectivity index (χ3v) is 3.51. The van der Waals surface area contributed by atoms with Crippen LogP contribution in [0.5, 0.6) is 0 Å². The second-order valence-corrected chi connectivity index (χ2v) is 4.68. The molecule has 7 heteroatoms. The molecular weight excluding hydrogens is 236 g/mol. The van der Waals surface area contributed by atoms with Crippen LogP contribution in [-0.4, -0.2) is 49.7 Å². The van der Waals surface area contributed by atoms with Gasteiger partial charge in [0.2, 0.25) is 5.91 Å². The van der Waals surface area contributed by atoms with E-state index in [2.05, 4.69) is 10.1 Å². The number of likely N-dealkylation sites (tertiary alicyclic amines) is 1. The van der Waals surface area contributed by atoms with E-state index in [1.807, 2.05) is 0 Å². The van der Waals surface area contributed by atoms with Gasteiger partial charge in [0.1, 0.15) is 18.7 Å². The lowest BCUT2D eigenvalue weighted by atomic mass is 9.87. The Morgan fingerprint density at radius 3 is 2.56 bits per heavy atom. The molecule has 1 amide bonds. The van der Waals surface area contributed by atoms with E-state index >= 15 is 0 Å². The van der Waals surface area contributed by atoms with Gasteiger partial charge in [-0.25, -0.2) is 9.67 Å². The Labute approximate surface area is 104 Å². The summed E-state index contributed by atoms with van der Waals surface area (Å²) in [4.78, 5) is 28.3. The van der Waals surface area contributed by atoms with Crippen molar-refractivity contribution in [3.05, 3.63) is 12.7 Å². The van der Waals surface area contributed by atoms with Crippen LogP contribution in [0.4, 0.5) is 0 Å². The third-order valence-electron chi connectivity index (χ3n) is 3.51. The van der Waals surface area contributed by atoms with Crippen LogP contribution in [0.25, 0.3) is 0 Å². The van der Waals surface area contributed by atoms with Gasteiger partial charge >= 0.3 is 5.97 Å². The van der Waals surface area contributed by atoms with E-state index in [0.717, 1.165) is 0 Å². The molecule has 1 aliphatic rings. The molecule has 1 aliphatic heterocycles. The Bertz CT molecular complexity index is 439. The number of carboxylic acid groups (broad SMARTS) is 1. The molecule has 1 aromatic heterocycles. The summed E-state index contributed by atoms with van der Waals surface area (Å²) in [6, 6.07) is -0.395. The summed E-state index contributed by atoms with van der Waals surface area (Å²) in [6.07, 6.45) is 2.88. The summed E-state index contributed by atoms with van der Waals surface area (Å²) in [5.41, 5.74) is 0. The molecule has 7 nitrogen and oxygen atoms in total. The topological polar surface area (TPSA) is 88.3 Å². The lowest BCUT2D eigenvalue weighted by Gasteiger charge is -2.42. The van der Waals surface area contributed by atoms with Crippen molar-refractivity contribution < 1.29 is 14.7 Å². The minimum absolute atomic E-state index is 0.0469. The zero-order valence-electron chi connectivity index (χ0n) is 10.4. The lowest BCUT2D eigenvalue weighted by Crippen LogP contribution is -2.55. The normalized spacial score (nSPS) is 19.1. The second-order valence-electron chi connectivity index (χ2n) is 4.68. The molecule has 0 aromatic carbocycles. The first-order chi connectivity index (χ1) is 8.50. The van der Waals surface area contributed by atoms with Crippen molar-refractivity contribution in [3.63, 3.8) is 0 Å². The van der Waals surface area contributed by atoms with E-state index in [0.29, 0.717) is 13.1 Å². The Hall–Kier alpha value is -1.92. The van der Waals surface area contributed by atoms with Gasteiger partial charge in [-0.3, -0.25) is 9.59 Å². The number of carboxylic acids is 1. The first-order valence-electron chi connectivity index (χ1n) is 5.86. The molecule has 2 unspecified atom stereocenters. The fraction of sp³-hybridized carbons (Fsp3) is 0.636. The molecule has 2 rings (SSSR count). The van der Waals surface area contributed by atoms with Crippen molar-refractivity contribution in [3.8, 4) is 0 Å². The van der Waals surface area contributed by atoms with E-state index < -0.39 is 17.9 Å². The van der Waals surface area contributed by atoms with E-state index in [-0.39, 0.29) is 11.8 Å². The molecular formula is C11H16N4O3. The number of hydrogen-bond donors (Lipinski definition) is 1. The van der Waals surface area contributed by atoms with Crippen LogP contribution in [0.1, 0.15) is 19.9 Å². The first kappa shape index (κ1) is 12.5. The summed E-state index contributed by atoms with van der Waals surface area (Å²) in [6.45, 7) is 4.44. The lowest BCUT2D eigenvalue weighted by molar-refractivity contribution is -0.151. The van der Waals surface area contributed by atoms with Crippen LogP contribution >= 0.6 is 0 Å². The number of carbonyl (C=O) groups excluding carboxylic acids is 1. The Kier molecular flexibility index (Phi) is 3.31. The van der Waals surface area contributed by atoms with Gasteiger partial charge in [0, 0.05) is 19.0 Å². The fourth-order valence-corrected chi connectivity index (χ4v) is 2.01. The maximum absolute atomic E-state index is 12.1. The Balaban J connectivity index is 1.89. The SMILES string of the molecule is CC(C(=O)O)C1CN(C(=O)C(C)n2cncn2)C1. The zero-order chi connectivity index (χ0) is 13.3. The Morgan fingerprint density at radius 2 is 2.06 bits per heavy atom. The molecule has 1 aromatic rings. The van der Waals surface area contributed by atoms with Crippen LogP contribution in [0.3, 0.4) is 0 Å². The van der Waals surface area contributed by atoms with Crippen molar-refractivity contribution in [2.45, 2.75) is 19.9 Å². The first-order valence-corrected chi connectivity index (χ1v) is 5.86. The van der Waals surface area contributed by atoms with Gasteiger partial charge in [0.25, 0.3) is 0 Å². The van der Waals surface area contributed by atoms with Crippen molar-refractivity contribution >= 4 is 11.9 Å². The van der Waals surface area contributed by atoms with Gasteiger partial charge in [-0.05, 0) is 6.92 Å². The molecule has 18 heavy (non-hydrogen) atoms. The average molecular weight is 252 g/mol. The molecule has 0 spiro atoms. The van der Waals surface area contributed by atoms with Gasteiger partial charge in [-0.2, -0.15) is 5.10 Å². The van der Waals surface area contributed by atoms with Gasteiger partial charge in [0.15, 0.2) is 0 Å². The number of aliphatic carboxylic acids is 1. The number of carbonyl (C=O) groups is 2. The van der Waals surface area contributed by atoms with Crippen molar-refractivity contribution in [2.75, 3.05) is 13.1 Å². The summed E-state index contributed by atoms with van der Waals surface area (Å²) in [7, 11) is 0. The van der Waals surface area contributed by atoms with Crippen LogP contribution in [0.15, 0.2) is 12.7 Å². The standard InChI is InChI=1S/C11H16N4O3/c1-7(11(17)18)9-3-14(4-9)10(16)8(2)15-6-12-5-13-15/h5-9H,3-4H2,1-2H3,(H,17,18). The highest BCUT2D eigenvalue weighted by Crippen LogP contribution is 2.26. The molecule has 0 radical (unpaired) electrons. The molecule has 1 fully saturated rings. The van der Waals surface area contributed by atoms with E-state index in [4.69, 9.17) is 5.11 Å². The second kappa shape index (κ2) is 4.75. The van der Waals surface area contributed by atoms with E-state index in [9.17, 15) is 9.59 Å². The number of amides is 1. The molecule has 2 heterocycles. The van der Waals surface area contributed by atoms with Gasteiger partial charge in [-0.1, -0.05) is 6.92 Å². The average Bonchev–Trinajstić information content (AvgIpc) is 2.78. The number of hydrogen-bond acceptors (Lipinski definition) is 4. The van der Waals surface area contributed by atoms with Crippen LogP contribution < -0.4 is 0 Å². The summed E-state index contributed by atoms with van der Waals surface area (Å²) in [5.74, 6) is -1.21. The molecule has 98 valence electrons. The minimum Gasteiger partial charge on any atom is -0.481 e. The number of rotatable bonds is 4. The van der Waals surface area contributed by atoms with Crippen LogP contribution in [0, 0.1) is 11.8 Å². The van der Waals surface area contributed by atoms with Crippen molar-refractivity contribution in [1.82, 2.24) is 19.7 Å². The molecule has 0 saturated carbocycles. The molecule has 0 bridgehead atoms. The largest absolute Gasteiger partial charge is 0.481 e. The summed E-state index contributed by atoms with van der Waals surface area (Å²) < 4.78 is 1.50. The van der Waals surface area contributed by atoms with Crippen LogP contribution in [0.2, 0.25) is 0 Å². The monoisotopic (exact) mass is 252 g/mol. The molecule has 0 aliphatic carbocycles. The molecule has 1 N–H and O–H groups in total. The predicted molar refractivity (Wildman–Crippen MR) is 61.6 cm³/mol. The quantitative estimate of drug-likeness (QED) is 0.816. The maximum atomic E-state index is 12.1. The molecule has 1 saturated heterocycles. The summed E-state index contributed by atoms with van der Waals surface area (Å²) >= 11 is 0. The smallest absolute Gasteiger partial charge is 0.306 e. The molecule has 2 atom stereocenters. The van der Waals surface area contributed by atoms with E-state index in [1.165, 1.54) is 17.3 Å². The fourth-order valence-electron chi connectivity index (χ4n) is 2.01. The van der Waals surface area contributed by atoms with Gasteiger partial charge in [-0.15, -0.1) is 0 Å². The van der Waals surface area contributed by atoms with Crippen molar-refractivity contribution in [2.24, 2.45) is 11.8 Å². The number of aromatic nitrogens is 3. The number of nitrogens with zero attached hydrogens (tertiary/aromatic N) is 4. The Morgan fingerprint density at radius 1 is 1.39 bits per heavy atom. The van der Waals surface area contributed by atoms with Gasteiger partial charge in [0.05, 0.1) is 5.92 Å². The highest BCUT2D eigenvalue weighted by Gasteiger charge is 2.38. The highest BCUT2D eigenvalue weighted by atomic mass is 16.4. The van der Waals surface area contributed by atoms with Crippen molar-refractivity contribution in [1.29, 1.82) is 0 Å².